The van der Waals surface area contributed by atoms with Crippen molar-refractivity contribution in [3.63, 3.8) is 0 Å². The fourth-order valence-electron chi connectivity index (χ4n) is 7.51. The Bertz CT molecular complexity index is 985. The fourth-order valence-corrected chi connectivity index (χ4v) is 7.51. The Morgan fingerprint density at radius 2 is 1.32 bits per heavy atom. The van der Waals surface area contributed by atoms with Crippen LogP contribution in [-0.2, 0) is 13.1 Å². The van der Waals surface area contributed by atoms with Crippen LogP contribution < -0.4 is 9.47 Å². The summed E-state index contributed by atoms with van der Waals surface area (Å²) in [6.07, 6.45) is 16.4. The summed E-state index contributed by atoms with van der Waals surface area (Å²) < 4.78 is 10.8. The molecule has 4 unspecified atom stereocenters. The van der Waals surface area contributed by atoms with Crippen molar-refractivity contribution in [3.05, 3.63) is 59.7 Å². The quantitative estimate of drug-likeness (QED) is 0.204. The lowest BCUT2D eigenvalue weighted by Crippen LogP contribution is -2.40. The van der Waals surface area contributed by atoms with Crippen LogP contribution in [0.5, 0.6) is 11.5 Å². The minimum Gasteiger partial charge on any atom is -0.497 e. The van der Waals surface area contributed by atoms with Gasteiger partial charge in [0.15, 0.2) is 0 Å². The molecule has 2 aromatic carbocycles. The lowest BCUT2D eigenvalue weighted by molar-refractivity contribution is 0.122. The lowest BCUT2D eigenvalue weighted by Gasteiger charge is -2.35. The van der Waals surface area contributed by atoms with E-state index in [1.165, 1.54) is 94.7 Å². The highest BCUT2D eigenvalue weighted by Gasteiger charge is 2.32. The van der Waals surface area contributed by atoms with Crippen LogP contribution in [-0.4, -0.2) is 48.7 Å². The second-order valence-corrected chi connectivity index (χ2v) is 13.2. The van der Waals surface area contributed by atoms with Crippen molar-refractivity contribution in [2.24, 2.45) is 11.8 Å². The van der Waals surface area contributed by atoms with Crippen LogP contribution in [0.15, 0.2) is 48.5 Å². The smallest absolute Gasteiger partial charge is 0.118 e. The van der Waals surface area contributed by atoms with Gasteiger partial charge in [-0.15, -0.1) is 0 Å². The Hall–Kier alpha value is -2.04. The first kappa shape index (κ1) is 31.9. The van der Waals surface area contributed by atoms with E-state index in [1.807, 2.05) is 0 Å². The maximum atomic E-state index is 5.41. The molecule has 0 aromatic heterocycles. The van der Waals surface area contributed by atoms with Gasteiger partial charge in [0.2, 0.25) is 0 Å². The molecular formula is C37H58N2O2. The van der Waals surface area contributed by atoms with Gasteiger partial charge in [-0.1, -0.05) is 56.9 Å². The van der Waals surface area contributed by atoms with Gasteiger partial charge in [-0.25, -0.2) is 0 Å². The van der Waals surface area contributed by atoms with Crippen LogP contribution in [0.3, 0.4) is 0 Å². The van der Waals surface area contributed by atoms with Crippen LogP contribution in [0, 0.1) is 11.8 Å². The van der Waals surface area contributed by atoms with E-state index in [-0.39, 0.29) is 0 Å². The van der Waals surface area contributed by atoms with Gasteiger partial charge in [0.25, 0.3) is 0 Å². The molecule has 41 heavy (non-hydrogen) atoms. The normalized spacial score (nSPS) is 21.3. The van der Waals surface area contributed by atoms with Gasteiger partial charge < -0.3 is 9.47 Å². The van der Waals surface area contributed by atoms with E-state index in [4.69, 9.17) is 9.47 Å². The molecule has 4 atom stereocenters. The summed E-state index contributed by atoms with van der Waals surface area (Å²) in [5.41, 5.74) is 2.82. The van der Waals surface area contributed by atoms with Gasteiger partial charge in [0.1, 0.15) is 11.5 Å². The molecule has 2 aromatic rings. The average molecular weight is 563 g/mol. The second kappa shape index (κ2) is 16.6. The fraction of sp³-hybridized carbons (Fsp3) is 0.676. The molecule has 2 aliphatic carbocycles. The van der Waals surface area contributed by atoms with E-state index in [2.05, 4.69) is 79.1 Å². The van der Waals surface area contributed by atoms with Gasteiger partial charge in [0.05, 0.1) is 14.2 Å². The summed E-state index contributed by atoms with van der Waals surface area (Å²) in [5.74, 6) is 3.62. The maximum absolute atomic E-state index is 5.41. The van der Waals surface area contributed by atoms with Crippen LogP contribution >= 0.6 is 0 Å². The zero-order chi connectivity index (χ0) is 29.0. The summed E-state index contributed by atoms with van der Waals surface area (Å²) in [5, 5.41) is 0. The standard InChI is InChI=1S/C37H58N2O2/c1-6-10-30(3)39(28-34-18-23-37(41-5)24-19-34)35-20-15-31(25-35)14-13-29(2)38(26-32-11-8-7-9-12-32)27-33-16-21-36(40-4)22-17-33/h16-19,21-24,29-32,35H,6-15,20,25-28H2,1-5H3. The van der Waals surface area contributed by atoms with Gasteiger partial charge in [-0.3, -0.25) is 9.80 Å². The van der Waals surface area contributed by atoms with Crippen LogP contribution in [0.2, 0.25) is 0 Å². The Kier molecular flexibility index (Phi) is 12.9. The Morgan fingerprint density at radius 3 is 1.90 bits per heavy atom. The van der Waals surface area contributed by atoms with Crippen LogP contribution in [0.4, 0.5) is 0 Å². The van der Waals surface area contributed by atoms with E-state index < -0.39 is 0 Å². The Labute approximate surface area is 251 Å². The number of rotatable bonds is 16. The summed E-state index contributed by atoms with van der Waals surface area (Å²) in [6.45, 7) is 10.6. The van der Waals surface area contributed by atoms with Gasteiger partial charge >= 0.3 is 0 Å². The molecule has 0 aliphatic heterocycles. The summed E-state index contributed by atoms with van der Waals surface area (Å²) in [4.78, 5) is 5.64. The number of ether oxygens (including phenoxy) is 2. The number of hydrogen-bond acceptors (Lipinski definition) is 4. The number of hydrogen-bond donors (Lipinski definition) is 0. The molecule has 0 bridgehead atoms. The molecule has 2 aliphatic rings. The minimum atomic E-state index is 0.618. The summed E-state index contributed by atoms with van der Waals surface area (Å²) >= 11 is 0. The molecule has 0 heterocycles. The topological polar surface area (TPSA) is 24.9 Å². The molecule has 2 fully saturated rings. The number of methoxy groups -OCH3 is 2. The first-order valence-corrected chi connectivity index (χ1v) is 16.7. The van der Waals surface area contributed by atoms with E-state index in [1.54, 1.807) is 14.2 Å². The predicted octanol–water partition coefficient (Wildman–Crippen LogP) is 9.11. The molecule has 4 nitrogen and oxygen atoms in total. The van der Waals surface area contributed by atoms with Crippen molar-refractivity contribution in [1.82, 2.24) is 9.80 Å². The van der Waals surface area contributed by atoms with Crippen molar-refractivity contribution in [3.8, 4) is 11.5 Å². The molecule has 0 amide bonds. The molecule has 0 spiro atoms. The third kappa shape index (κ3) is 9.75. The zero-order valence-electron chi connectivity index (χ0n) is 26.8. The van der Waals surface area contributed by atoms with Crippen LogP contribution in [0.1, 0.15) is 109 Å². The number of nitrogens with zero attached hydrogens (tertiary/aromatic N) is 2. The lowest BCUT2D eigenvalue weighted by atomic mass is 9.88. The average Bonchev–Trinajstić information content (AvgIpc) is 3.48. The van der Waals surface area contributed by atoms with Gasteiger partial charge in [-0.2, -0.15) is 0 Å². The Balaban J connectivity index is 1.34. The highest BCUT2D eigenvalue weighted by Crippen LogP contribution is 2.36. The maximum Gasteiger partial charge on any atom is 0.118 e. The molecular weight excluding hydrogens is 504 g/mol. The molecule has 2 saturated carbocycles. The van der Waals surface area contributed by atoms with Gasteiger partial charge in [0, 0.05) is 37.8 Å². The van der Waals surface area contributed by atoms with E-state index >= 15 is 0 Å². The molecule has 4 rings (SSSR count). The first-order valence-electron chi connectivity index (χ1n) is 16.7. The monoisotopic (exact) mass is 562 g/mol. The molecule has 0 N–H and O–H groups in total. The third-order valence-corrected chi connectivity index (χ3v) is 10.2. The zero-order valence-corrected chi connectivity index (χ0v) is 26.8. The van der Waals surface area contributed by atoms with Crippen LogP contribution in [0.25, 0.3) is 0 Å². The second-order valence-electron chi connectivity index (χ2n) is 13.2. The third-order valence-electron chi connectivity index (χ3n) is 10.2. The minimum absolute atomic E-state index is 0.618. The van der Waals surface area contributed by atoms with Crippen molar-refractivity contribution >= 4 is 0 Å². The van der Waals surface area contributed by atoms with E-state index in [9.17, 15) is 0 Å². The van der Waals surface area contributed by atoms with Crippen molar-refractivity contribution in [2.75, 3.05) is 20.8 Å². The number of benzene rings is 2. The molecule has 228 valence electrons. The highest BCUT2D eigenvalue weighted by molar-refractivity contribution is 5.28. The Morgan fingerprint density at radius 1 is 0.707 bits per heavy atom. The van der Waals surface area contributed by atoms with E-state index in [0.29, 0.717) is 18.1 Å². The van der Waals surface area contributed by atoms with E-state index in [0.717, 1.165) is 36.4 Å². The van der Waals surface area contributed by atoms with Crippen molar-refractivity contribution in [2.45, 2.75) is 129 Å². The van der Waals surface area contributed by atoms with Crippen molar-refractivity contribution < 1.29 is 9.47 Å². The highest BCUT2D eigenvalue weighted by atomic mass is 16.5. The molecule has 0 radical (unpaired) electrons. The SMILES string of the molecule is CCCC(C)N(Cc1ccc(OC)cc1)C1CCC(CCC(C)N(Cc2ccc(OC)cc2)CC2CCCCC2)C1. The predicted molar refractivity (Wildman–Crippen MR) is 173 cm³/mol. The first-order chi connectivity index (χ1) is 20.0. The van der Waals surface area contributed by atoms with Crippen molar-refractivity contribution in [1.29, 1.82) is 0 Å². The summed E-state index contributed by atoms with van der Waals surface area (Å²) in [6, 6.07) is 19.4. The molecule has 0 saturated heterocycles. The summed E-state index contributed by atoms with van der Waals surface area (Å²) in [7, 11) is 3.50. The molecule has 4 heteroatoms. The van der Waals surface area contributed by atoms with Gasteiger partial charge in [-0.05, 0) is 112 Å². The largest absolute Gasteiger partial charge is 0.497 e.